The van der Waals surface area contributed by atoms with E-state index < -0.39 is 5.25 Å². The van der Waals surface area contributed by atoms with Gasteiger partial charge in [-0.15, -0.1) is 0 Å². The van der Waals surface area contributed by atoms with Crippen molar-refractivity contribution >= 4 is 51.7 Å². The van der Waals surface area contributed by atoms with Crippen LogP contribution in [0.4, 0.5) is 15.8 Å². The van der Waals surface area contributed by atoms with Crippen LogP contribution in [0.15, 0.2) is 77.8 Å². The number of rotatable bonds is 6. The van der Waals surface area contributed by atoms with Gasteiger partial charge in [-0.05, 0) is 54.1 Å². The van der Waals surface area contributed by atoms with Crippen LogP contribution in [0.1, 0.15) is 12.0 Å². The molecule has 1 atom stereocenters. The third kappa shape index (κ3) is 5.95. The Morgan fingerprint density at radius 1 is 1.18 bits per heavy atom. The van der Waals surface area contributed by atoms with Crippen LogP contribution in [0, 0.1) is 5.82 Å². The van der Waals surface area contributed by atoms with Gasteiger partial charge in [0.1, 0.15) is 16.8 Å². The highest BCUT2D eigenvalue weighted by Gasteiger charge is 2.36. The summed E-state index contributed by atoms with van der Waals surface area (Å²) in [5, 5.41) is 3.12. The fourth-order valence-corrected chi connectivity index (χ4v) is 4.54. The number of carbonyl (C=O) groups excluding carboxylic acids is 2. The normalized spacial score (nSPS) is 17.0. The SMILES string of the molecule is COc1cccc(NC(=O)C2CC(=O)N(Cc3ccc(F)cc3)C(=Nc3ccc(Cl)cc3)S2)c1. The second-order valence-corrected chi connectivity index (χ2v) is 9.12. The van der Waals surface area contributed by atoms with Crippen LogP contribution in [-0.4, -0.2) is 34.2 Å². The fraction of sp³-hybridized carbons (Fsp3) is 0.160. The molecule has 3 aromatic carbocycles. The van der Waals surface area contributed by atoms with Gasteiger partial charge in [-0.1, -0.05) is 41.6 Å². The van der Waals surface area contributed by atoms with Gasteiger partial charge in [0, 0.05) is 23.2 Å². The van der Waals surface area contributed by atoms with Gasteiger partial charge in [-0.25, -0.2) is 9.38 Å². The highest BCUT2D eigenvalue weighted by Crippen LogP contribution is 2.31. The van der Waals surface area contributed by atoms with Gasteiger partial charge in [-0.2, -0.15) is 0 Å². The summed E-state index contributed by atoms with van der Waals surface area (Å²) in [5.74, 6) is -0.300. The van der Waals surface area contributed by atoms with Gasteiger partial charge < -0.3 is 10.1 Å². The number of methoxy groups -OCH3 is 1. The molecular weight excluding hydrogens is 477 g/mol. The summed E-state index contributed by atoms with van der Waals surface area (Å²) in [4.78, 5) is 32.3. The standard InChI is InChI=1S/C25H21ClFN3O3S/c1-33-21-4-2-3-20(13-21)28-24(32)22-14-23(31)30(15-16-5-9-18(27)10-6-16)25(34-22)29-19-11-7-17(26)8-12-19/h2-13,22H,14-15H2,1H3,(H,28,32). The molecule has 1 aliphatic rings. The average molecular weight is 498 g/mol. The first kappa shape index (κ1) is 23.8. The van der Waals surface area contributed by atoms with Crippen molar-refractivity contribution in [2.75, 3.05) is 12.4 Å². The van der Waals surface area contributed by atoms with Crippen LogP contribution >= 0.6 is 23.4 Å². The lowest BCUT2D eigenvalue weighted by molar-refractivity contribution is -0.129. The van der Waals surface area contributed by atoms with Crippen molar-refractivity contribution in [2.45, 2.75) is 18.2 Å². The lowest BCUT2D eigenvalue weighted by Crippen LogP contribution is -2.44. The summed E-state index contributed by atoms with van der Waals surface area (Å²) < 4.78 is 18.5. The number of benzene rings is 3. The number of aliphatic imine (C=N–C) groups is 1. The van der Waals surface area contributed by atoms with Gasteiger partial charge in [0.05, 0.1) is 19.3 Å². The van der Waals surface area contributed by atoms with E-state index in [1.165, 1.54) is 28.8 Å². The first-order valence-electron chi connectivity index (χ1n) is 10.4. The molecule has 1 N–H and O–H groups in total. The monoisotopic (exact) mass is 497 g/mol. The number of amidine groups is 1. The predicted molar refractivity (Wildman–Crippen MR) is 133 cm³/mol. The molecule has 1 saturated heterocycles. The summed E-state index contributed by atoms with van der Waals surface area (Å²) in [6.07, 6.45) is 0.00129. The molecule has 0 aliphatic carbocycles. The maximum atomic E-state index is 13.3. The molecule has 2 amide bonds. The first-order valence-corrected chi connectivity index (χ1v) is 11.7. The van der Waals surface area contributed by atoms with Crippen LogP contribution in [0.25, 0.3) is 0 Å². The molecule has 1 unspecified atom stereocenters. The van der Waals surface area contributed by atoms with Gasteiger partial charge in [0.2, 0.25) is 11.8 Å². The van der Waals surface area contributed by atoms with Crippen LogP contribution in [0.2, 0.25) is 5.02 Å². The number of hydrogen-bond donors (Lipinski definition) is 1. The lowest BCUT2D eigenvalue weighted by atomic mass is 10.2. The van der Waals surface area contributed by atoms with Crippen molar-refractivity contribution in [2.24, 2.45) is 4.99 Å². The minimum absolute atomic E-state index is 0.00129. The van der Waals surface area contributed by atoms with E-state index in [1.807, 2.05) is 0 Å². The second kappa shape index (κ2) is 10.7. The summed E-state index contributed by atoms with van der Waals surface area (Å²) in [6, 6.07) is 19.8. The molecule has 3 aromatic rings. The first-order chi connectivity index (χ1) is 16.4. The number of carbonyl (C=O) groups is 2. The minimum Gasteiger partial charge on any atom is -0.497 e. The molecule has 174 valence electrons. The number of halogens is 2. The Kier molecular flexibility index (Phi) is 7.49. The maximum Gasteiger partial charge on any atom is 0.238 e. The van der Waals surface area contributed by atoms with Crippen LogP contribution in [0.5, 0.6) is 5.75 Å². The molecule has 6 nitrogen and oxygen atoms in total. The summed E-state index contributed by atoms with van der Waals surface area (Å²) >= 11 is 7.19. The Balaban J connectivity index is 1.59. The van der Waals surface area contributed by atoms with Crippen molar-refractivity contribution in [3.8, 4) is 5.75 Å². The smallest absolute Gasteiger partial charge is 0.238 e. The number of anilines is 1. The highest BCUT2D eigenvalue weighted by atomic mass is 35.5. The summed E-state index contributed by atoms with van der Waals surface area (Å²) in [7, 11) is 1.55. The molecule has 1 fully saturated rings. The van der Waals surface area contributed by atoms with Crippen molar-refractivity contribution in [3.63, 3.8) is 0 Å². The van der Waals surface area contributed by atoms with E-state index >= 15 is 0 Å². The van der Waals surface area contributed by atoms with Gasteiger partial charge in [0.15, 0.2) is 5.17 Å². The number of amides is 2. The van der Waals surface area contributed by atoms with Gasteiger partial charge >= 0.3 is 0 Å². The molecule has 0 radical (unpaired) electrons. The Hall–Kier alpha value is -3.36. The topological polar surface area (TPSA) is 71.0 Å². The third-order valence-electron chi connectivity index (χ3n) is 5.07. The molecule has 1 aliphatic heterocycles. The largest absolute Gasteiger partial charge is 0.497 e. The number of ether oxygens (including phenoxy) is 1. The van der Waals surface area contributed by atoms with Crippen molar-refractivity contribution in [1.82, 2.24) is 4.90 Å². The Bertz CT molecular complexity index is 1220. The van der Waals surface area contributed by atoms with E-state index in [0.29, 0.717) is 27.3 Å². The number of hydrogen-bond acceptors (Lipinski definition) is 5. The lowest BCUT2D eigenvalue weighted by Gasteiger charge is -2.32. The van der Waals surface area contributed by atoms with Crippen molar-refractivity contribution < 1.29 is 18.7 Å². The van der Waals surface area contributed by atoms with E-state index in [-0.39, 0.29) is 30.6 Å². The Morgan fingerprint density at radius 3 is 2.62 bits per heavy atom. The van der Waals surface area contributed by atoms with E-state index in [1.54, 1.807) is 67.8 Å². The molecule has 9 heteroatoms. The van der Waals surface area contributed by atoms with Crippen molar-refractivity contribution in [3.05, 3.63) is 89.2 Å². The van der Waals surface area contributed by atoms with Gasteiger partial charge in [-0.3, -0.25) is 14.5 Å². The van der Waals surface area contributed by atoms with E-state index in [4.69, 9.17) is 16.3 Å². The fourth-order valence-electron chi connectivity index (χ4n) is 3.32. The molecule has 4 rings (SSSR count). The van der Waals surface area contributed by atoms with Crippen molar-refractivity contribution in [1.29, 1.82) is 0 Å². The number of nitrogens with zero attached hydrogens (tertiary/aromatic N) is 2. The van der Waals surface area contributed by atoms with Crippen LogP contribution < -0.4 is 10.1 Å². The third-order valence-corrected chi connectivity index (χ3v) is 6.51. The summed E-state index contributed by atoms with van der Waals surface area (Å²) in [5.41, 5.74) is 1.92. The predicted octanol–water partition coefficient (Wildman–Crippen LogP) is 5.65. The number of nitrogens with one attached hydrogen (secondary N) is 1. The number of thioether (sulfide) groups is 1. The average Bonchev–Trinajstić information content (AvgIpc) is 2.83. The molecule has 1 heterocycles. The molecule has 0 aromatic heterocycles. The summed E-state index contributed by atoms with van der Waals surface area (Å²) in [6.45, 7) is 0.211. The molecule has 0 saturated carbocycles. The molecule has 0 bridgehead atoms. The molecule has 34 heavy (non-hydrogen) atoms. The quantitative estimate of drug-likeness (QED) is 0.478. The Labute approximate surface area is 205 Å². The van der Waals surface area contributed by atoms with E-state index in [9.17, 15) is 14.0 Å². The zero-order valence-electron chi connectivity index (χ0n) is 18.2. The van der Waals surface area contributed by atoms with E-state index in [0.717, 1.165) is 5.56 Å². The molecule has 0 spiro atoms. The molecular formula is C25H21ClFN3O3S. The highest BCUT2D eigenvalue weighted by molar-refractivity contribution is 8.15. The van der Waals surface area contributed by atoms with E-state index in [2.05, 4.69) is 10.3 Å². The Morgan fingerprint density at radius 2 is 1.91 bits per heavy atom. The van der Waals surface area contributed by atoms with Crippen LogP contribution in [-0.2, 0) is 16.1 Å². The van der Waals surface area contributed by atoms with Crippen LogP contribution in [0.3, 0.4) is 0 Å². The maximum absolute atomic E-state index is 13.3. The zero-order valence-corrected chi connectivity index (χ0v) is 19.8. The van der Waals surface area contributed by atoms with Gasteiger partial charge in [0.25, 0.3) is 0 Å². The second-order valence-electron chi connectivity index (χ2n) is 7.51. The minimum atomic E-state index is -0.672. The zero-order chi connectivity index (χ0) is 24.1.